The van der Waals surface area contributed by atoms with E-state index in [2.05, 4.69) is 67.6 Å². The van der Waals surface area contributed by atoms with Gasteiger partial charge in [-0.05, 0) is 68.7 Å². The first kappa shape index (κ1) is 20.0. The molecule has 0 saturated heterocycles. The van der Waals surface area contributed by atoms with Crippen molar-refractivity contribution in [2.45, 2.75) is 40.8 Å². The number of pyridine rings is 1. The smallest absolute Gasteiger partial charge is 0.132 e. The molecule has 0 fully saturated rings. The molecule has 4 aromatic rings. The third-order valence-corrected chi connectivity index (χ3v) is 5.79. The van der Waals surface area contributed by atoms with Crippen molar-refractivity contribution in [1.29, 1.82) is 0 Å². The van der Waals surface area contributed by atoms with Gasteiger partial charge in [0.2, 0.25) is 0 Å². The van der Waals surface area contributed by atoms with Crippen molar-refractivity contribution in [3.8, 4) is 11.5 Å². The summed E-state index contributed by atoms with van der Waals surface area (Å²) in [5, 5.41) is 1.23. The van der Waals surface area contributed by atoms with Gasteiger partial charge in [-0.2, -0.15) is 0 Å². The highest BCUT2D eigenvalue weighted by Crippen LogP contribution is 2.29. The molecule has 30 heavy (non-hydrogen) atoms. The van der Waals surface area contributed by atoms with Crippen LogP contribution in [0.4, 0.5) is 0 Å². The van der Waals surface area contributed by atoms with Crippen molar-refractivity contribution in [3.05, 3.63) is 88.4 Å². The molecular weight excluding hydrogens is 372 g/mol. The predicted octanol–water partition coefficient (Wildman–Crippen LogP) is 5.91. The van der Waals surface area contributed by atoms with Crippen LogP contribution in [0.1, 0.15) is 33.6 Å². The number of fused-ring (bicyclic) bond motifs is 1. The average molecular weight is 401 g/mol. The lowest BCUT2D eigenvalue weighted by atomic mass is 10.1. The van der Waals surface area contributed by atoms with E-state index in [1.54, 1.807) is 7.11 Å². The van der Waals surface area contributed by atoms with Crippen molar-refractivity contribution in [2.75, 3.05) is 7.11 Å². The zero-order chi connectivity index (χ0) is 21.3. The number of hydrogen-bond acceptors (Lipinski definition) is 3. The number of aromatic nitrogens is 2. The summed E-state index contributed by atoms with van der Waals surface area (Å²) in [6.45, 7) is 9.71. The molecule has 0 radical (unpaired) electrons. The lowest BCUT2D eigenvalue weighted by molar-refractivity contribution is 0.300. The van der Waals surface area contributed by atoms with Crippen LogP contribution in [-0.2, 0) is 13.2 Å². The molecule has 0 bridgehead atoms. The minimum atomic E-state index is 0.433. The van der Waals surface area contributed by atoms with E-state index in [0.29, 0.717) is 6.61 Å². The highest BCUT2D eigenvalue weighted by atomic mass is 16.5. The first-order valence-electron chi connectivity index (χ1n) is 10.2. The number of nitrogens with zero attached hydrogens (tertiary/aromatic N) is 2. The van der Waals surface area contributed by atoms with E-state index >= 15 is 0 Å². The van der Waals surface area contributed by atoms with Crippen LogP contribution in [-0.4, -0.2) is 16.7 Å². The zero-order valence-electron chi connectivity index (χ0n) is 18.3. The Bertz CT molecular complexity index is 1210. The van der Waals surface area contributed by atoms with E-state index in [0.717, 1.165) is 34.8 Å². The second-order valence-electron chi connectivity index (χ2n) is 7.86. The van der Waals surface area contributed by atoms with Crippen molar-refractivity contribution in [1.82, 2.24) is 9.55 Å². The highest BCUT2D eigenvalue weighted by Gasteiger charge is 2.16. The molecule has 0 spiro atoms. The summed E-state index contributed by atoms with van der Waals surface area (Å²) in [6, 6.07) is 16.6. The summed E-state index contributed by atoms with van der Waals surface area (Å²) in [5.74, 6) is 1.77. The first-order chi connectivity index (χ1) is 14.5. The molecule has 0 N–H and O–H groups in total. The maximum absolute atomic E-state index is 6.18. The molecule has 0 amide bonds. The first-order valence-corrected chi connectivity index (χ1v) is 10.2. The summed E-state index contributed by atoms with van der Waals surface area (Å²) in [4.78, 5) is 4.69. The van der Waals surface area contributed by atoms with Gasteiger partial charge in [0, 0.05) is 23.8 Å². The van der Waals surface area contributed by atoms with Gasteiger partial charge >= 0.3 is 0 Å². The minimum Gasteiger partial charge on any atom is -0.497 e. The summed E-state index contributed by atoms with van der Waals surface area (Å²) in [5.41, 5.74) is 8.18. The Balaban J connectivity index is 1.72. The van der Waals surface area contributed by atoms with Crippen LogP contribution in [0, 0.1) is 27.7 Å². The number of rotatable bonds is 6. The molecule has 2 aromatic carbocycles. The molecule has 0 unspecified atom stereocenters. The van der Waals surface area contributed by atoms with Crippen molar-refractivity contribution in [3.63, 3.8) is 0 Å². The van der Waals surface area contributed by atoms with E-state index in [-0.39, 0.29) is 0 Å². The van der Waals surface area contributed by atoms with E-state index in [9.17, 15) is 0 Å². The van der Waals surface area contributed by atoms with Crippen LogP contribution >= 0.6 is 0 Å². The molecule has 0 aliphatic heterocycles. The monoisotopic (exact) mass is 400 g/mol. The summed E-state index contributed by atoms with van der Waals surface area (Å²) in [6.07, 6.45) is 1.88. The van der Waals surface area contributed by atoms with Crippen LogP contribution < -0.4 is 9.47 Å². The third-order valence-electron chi connectivity index (χ3n) is 5.79. The van der Waals surface area contributed by atoms with Gasteiger partial charge < -0.3 is 14.0 Å². The topological polar surface area (TPSA) is 36.3 Å². The summed E-state index contributed by atoms with van der Waals surface area (Å²) < 4.78 is 13.9. The second kappa shape index (κ2) is 8.23. The number of methoxy groups -OCH3 is 1. The maximum atomic E-state index is 6.18. The maximum Gasteiger partial charge on any atom is 0.132 e. The fourth-order valence-corrected chi connectivity index (χ4v) is 4.03. The normalized spacial score (nSPS) is 11.1. The predicted molar refractivity (Wildman–Crippen MR) is 122 cm³/mol. The Kier molecular flexibility index (Phi) is 5.49. The lowest BCUT2D eigenvalue weighted by Gasteiger charge is -2.14. The van der Waals surface area contributed by atoms with Gasteiger partial charge in [-0.1, -0.05) is 29.8 Å². The molecule has 2 heterocycles. The van der Waals surface area contributed by atoms with Gasteiger partial charge in [0.1, 0.15) is 23.8 Å². The van der Waals surface area contributed by atoms with E-state index < -0.39 is 0 Å². The molecule has 4 nitrogen and oxygen atoms in total. The number of ether oxygens (including phenoxy) is 2. The van der Waals surface area contributed by atoms with Gasteiger partial charge in [0.15, 0.2) is 0 Å². The Morgan fingerprint density at radius 3 is 2.57 bits per heavy atom. The number of hydrogen-bond donors (Lipinski definition) is 0. The number of aryl methyl sites for hydroxylation is 3. The zero-order valence-corrected chi connectivity index (χ0v) is 18.3. The van der Waals surface area contributed by atoms with Crippen LogP contribution in [0.2, 0.25) is 0 Å². The molecule has 4 heteroatoms. The Morgan fingerprint density at radius 1 is 0.967 bits per heavy atom. The molecule has 2 aromatic heterocycles. The van der Waals surface area contributed by atoms with Crippen LogP contribution in [0.15, 0.2) is 54.7 Å². The standard InChI is InChI=1S/C26H28N2O2/c1-17-9-10-25(18(2)13-17)30-16-24-26-23(11-12-27-24)19(3)20(4)28(26)15-21-7-6-8-22(14-21)29-5/h6-14H,15-16H2,1-5H3. The Hall–Kier alpha value is -3.27. The van der Waals surface area contributed by atoms with Crippen molar-refractivity contribution >= 4 is 10.9 Å². The van der Waals surface area contributed by atoms with Crippen molar-refractivity contribution in [2.24, 2.45) is 0 Å². The molecule has 0 aliphatic carbocycles. The Labute approximate surface area is 178 Å². The molecule has 4 rings (SSSR count). The average Bonchev–Trinajstić information content (AvgIpc) is 2.99. The van der Waals surface area contributed by atoms with Gasteiger partial charge in [-0.3, -0.25) is 4.98 Å². The van der Waals surface area contributed by atoms with Gasteiger partial charge in [0.25, 0.3) is 0 Å². The SMILES string of the molecule is COc1cccc(Cn2c(C)c(C)c3ccnc(COc4ccc(C)cc4C)c32)c1. The molecule has 0 aliphatic rings. The minimum absolute atomic E-state index is 0.433. The third kappa shape index (κ3) is 3.78. The van der Waals surface area contributed by atoms with E-state index in [4.69, 9.17) is 9.47 Å². The number of benzene rings is 2. The van der Waals surface area contributed by atoms with Crippen molar-refractivity contribution < 1.29 is 9.47 Å². The summed E-state index contributed by atoms with van der Waals surface area (Å²) in [7, 11) is 1.70. The fraction of sp³-hybridized carbons (Fsp3) is 0.269. The molecule has 154 valence electrons. The quantitative estimate of drug-likeness (QED) is 0.404. The van der Waals surface area contributed by atoms with Crippen LogP contribution in [0.25, 0.3) is 10.9 Å². The second-order valence-corrected chi connectivity index (χ2v) is 7.86. The van der Waals surface area contributed by atoms with Crippen LogP contribution in [0.5, 0.6) is 11.5 Å². The van der Waals surface area contributed by atoms with Crippen LogP contribution in [0.3, 0.4) is 0 Å². The molecule has 0 atom stereocenters. The molecule has 0 saturated carbocycles. The lowest BCUT2D eigenvalue weighted by Crippen LogP contribution is -2.07. The van der Waals surface area contributed by atoms with E-state index in [1.165, 1.54) is 27.8 Å². The molecular formula is C26H28N2O2. The van der Waals surface area contributed by atoms with Gasteiger partial charge in [-0.25, -0.2) is 0 Å². The van der Waals surface area contributed by atoms with Gasteiger partial charge in [0.05, 0.1) is 12.6 Å². The summed E-state index contributed by atoms with van der Waals surface area (Å²) >= 11 is 0. The van der Waals surface area contributed by atoms with Gasteiger partial charge in [-0.15, -0.1) is 0 Å². The fourth-order valence-electron chi connectivity index (χ4n) is 4.03. The largest absolute Gasteiger partial charge is 0.497 e. The van der Waals surface area contributed by atoms with E-state index in [1.807, 2.05) is 24.4 Å². The Morgan fingerprint density at radius 2 is 1.80 bits per heavy atom. The highest BCUT2D eigenvalue weighted by molar-refractivity contribution is 5.87.